The van der Waals surface area contributed by atoms with Crippen LogP contribution in [-0.2, 0) is 11.3 Å². The third-order valence-corrected chi connectivity index (χ3v) is 3.62. The Hall–Kier alpha value is -1.51. The molecule has 0 aliphatic heterocycles. The number of hydrogen-bond acceptors (Lipinski definition) is 2. The van der Waals surface area contributed by atoms with Gasteiger partial charge in [-0.2, -0.15) is 0 Å². The molecule has 2 rings (SSSR count). The molecule has 0 aromatic heterocycles. The van der Waals surface area contributed by atoms with Gasteiger partial charge in [0.15, 0.2) is 0 Å². The first-order valence-corrected chi connectivity index (χ1v) is 6.71. The number of carbonyl (C=O) groups excluding carboxylic acids is 1. The van der Waals surface area contributed by atoms with Gasteiger partial charge in [-0.1, -0.05) is 37.5 Å². The number of ether oxygens (including phenoxy) is 1. The van der Waals surface area contributed by atoms with Gasteiger partial charge in [0.25, 0.3) is 0 Å². The minimum absolute atomic E-state index is 0.195. The van der Waals surface area contributed by atoms with Gasteiger partial charge >= 0.3 is 0 Å². The van der Waals surface area contributed by atoms with Gasteiger partial charge in [0.05, 0.1) is 7.11 Å². The van der Waals surface area contributed by atoms with Gasteiger partial charge in [0.1, 0.15) is 5.75 Å². The molecule has 1 aliphatic carbocycles. The second-order valence-corrected chi connectivity index (χ2v) is 4.86. The molecule has 1 aromatic carbocycles. The third kappa shape index (κ3) is 3.25. The molecule has 0 bridgehead atoms. The molecule has 1 aromatic rings. The summed E-state index contributed by atoms with van der Waals surface area (Å²) >= 11 is 0. The first kappa shape index (κ1) is 12.9. The molecule has 3 nitrogen and oxygen atoms in total. The Bertz CT molecular complexity index is 397. The molecule has 0 atom stereocenters. The fraction of sp³-hybridized carbons (Fsp3) is 0.533. The van der Waals surface area contributed by atoms with Crippen LogP contribution in [0.15, 0.2) is 24.3 Å². The average molecular weight is 247 g/mol. The van der Waals surface area contributed by atoms with Crippen LogP contribution >= 0.6 is 0 Å². The number of methoxy groups -OCH3 is 1. The largest absolute Gasteiger partial charge is 0.496 e. The Balaban J connectivity index is 1.88. The van der Waals surface area contributed by atoms with Crippen LogP contribution in [0.2, 0.25) is 0 Å². The molecule has 3 heteroatoms. The van der Waals surface area contributed by atoms with E-state index in [1.807, 2.05) is 24.3 Å². The van der Waals surface area contributed by atoms with Crippen LogP contribution in [-0.4, -0.2) is 13.0 Å². The number of nitrogens with one attached hydrogen (secondary N) is 1. The van der Waals surface area contributed by atoms with E-state index in [-0.39, 0.29) is 11.8 Å². The van der Waals surface area contributed by atoms with Crippen molar-refractivity contribution in [2.75, 3.05) is 7.11 Å². The second kappa shape index (κ2) is 6.43. The van der Waals surface area contributed by atoms with E-state index in [0.717, 1.165) is 24.2 Å². The summed E-state index contributed by atoms with van der Waals surface area (Å²) in [6, 6.07) is 7.80. The average Bonchev–Trinajstić information content (AvgIpc) is 2.46. The van der Waals surface area contributed by atoms with Crippen molar-refractivity contribution in [2.24, 2.45) is 5.92 Å². The van der Waals surface area contributed by atoms with Crippen molar-refractivity contribution in [3.8, 4) is 5.75 Å². The molecule has 18 heavy (non-hydrogen) atoms. The van der Waals surface area contributed by atoms with Crippen LogP contribution in [0.1, 0.15) is 37.7 Å². The minimum Gasteiger partial charge on any atom is -0.496 e. The fourth-order valence-corrected chi connectivity index (χ4v) is 2.54. The van der Waals surface area contributed by atoms with Crippen molar-refractivity contribution in [1.29, 1.82) is 0 Å². The number of benzene rings is 1. The summed E-state index contributed by atoms with van der Waals surface area (Å²) in [5.74, 6) is 1.25. The Labute approximate surface area is 109 Å². The SMILES string of the molecule is COc1ccccc1CNC(=O)C1CCCCC1. The predicted octanol–water partition coefficient (Wildman–Crippen LogP) is 2.89. The Kier molecular flexibility index (Phi) is 4.62. The van der Waals surface area contributed by atoms with Gasteiger partial charge in [0, 0.05) is 18.0 Å². The van der Waals surface area contributed by atoms with Crippen molar-refractivity contribution in [2.45, 2.75) is 38.6 Å². The maximum atomic E-state index is 12.0. The van der Waals surface area contributed by atoms with Crippen LogP contribution in [0.5, 0.6) is 5.75 Å². The summed E-state index contributed by atoms with van der Waals surface area (Å²) in [6.45, 7) is 0.555. The highest BCUT2D eigenvalue weighted by Crippen LogP contribution is 2.24. The normalized spacial score (nSPS) is 16.3. The molecule has 1 aliphatic rings. The molecule has 0 radical (unpaired) electrons. The molecule has 0 unspecified atom stereocenters. The zero-order valence-corrected chi connectivity index (χ0v) is 10.9. The topological polar surface area (TPSA) is 38.3 Å². The van der Waals surface area contributed by atoms with Gasteiger partial charge < -0.3 is 10.1 Å². The van der Waals surface area contributed by atoms with E-state index in [2.05, 4.69) is 5.32 Å². The summed E-state index contributed by atoms with van der Waals surface area (Å²) in [6.07, 6.45) is 5.73. The highest BCUT2D eigenvalue weighted by molar-refractivity contribution is 5.78. The molecular formula is C15H21NO2. The fourth-order valence-electron chi connectivity index (χ4n) is 2.54. The maximum Gasteiger partial charge on any atom is 0.223 e. The van der Waals surface area contributed by atoms with Crippen molar-refractivity contribution in [3.05, 3.63) is 29.8 Å². The van der Waals surface area contributed by atoms with Crippen molar-refractivity contribution in [1.82, 2.24) is 5.32 Å². The Morgan fingerprint density at radius 3 is 2.72 bits per heavy atom. The van der Waals surface area contributed by atoms with E-state index >= 15 is 0 Å². The number of para-hydroxylation sites is 1. The molecule has 98 valence electrons. The summed E-state index contributed by atoms with van der Waals surface area (Å²) in [5, 5.41) is 3.02. The van der Waals surface area contributed by atoms with E-state index in [4.69, 9.17) is 4.74 Å². The van der Waals surface area contributed by atoms with Crippen LogP contribution in [0, 0.1) is 5.92 Å². The lowest BCUT2D eigenvalue weighted by molar-refractivity contribution is -0.126. The zero-order chi connectivity index (χ0) is 12.8. The third-order valence-electron chi connectivity index (χ3n) is 3.62. The van der Waals surface area contributed by atoms with E-state index in [1.165, 1.54) is 19.3 Å². The highest BCUT2D eigenvalue weighted by atomic mass is 16.5. The lowest BCUT2D eigenvalue weighted by Crippen LogP contribution is -2.31. The van der Waals surface area contributed by atoms with Crippen molar-refractivity contribution < 1.29 is 9.53 Å². The Morgan fingerprint density at radius 1 is 1.28 bits per heavy atom. The van der Waals surface area contributed by atoms with Crippen molar-refractivity contribution in [3.63, 3.8) is 0 Å². The first-order chi connectivity index (χ1) is 8.81. The lowest BCUT2D eigenvalue weighted by atomic mass is 9.88. The van der Waals surface area contributed by atoms with Gasteiger partial charge in [-0.3, -0.25) is 4.79 Å². The number of amides is 1. The summed E-state index contributed by atoms with van der Waals surface area (Å²) < 4.78 is 5.27. The molecule has 0 heterocycles. The molecule has 1 N–H and O–H groups in total. The van der Waals surface area contributed by atoms with E-state index in [9.17, 15) is 4.79 Å². The van der Waals surface area contributed by atoms with Gasteiger partial charge in [-0.05, 0) is 18.9 Å². The van der Waals surface area contributed by atoms with Crippen molar-refractivity contribution >= 4 is 5.91 Å². The highest BCUT2D eigenvalue weighted by Gasteiger charge is 2.20. The van der Waals surface area contributed by atoms with Gasteiger partial charge in [0.2, 0.25) is 5.91 Å². The molecule has 0 saturated heterocycles. The quantitative estimate of drug-likeness (QED) is 0.888. The molecule has 1 saturated carbocycles. The van der Waals surface area contributed by atoms with E-state index in [1.54, 1.807) is 7.11 Å². The maximum absolute atomic E-state index is 12.0. The molecule has 1 fully saturated rings. The summed E-state index contributed by atoms with van der Waals surface area (Å²) in [7, 11) is 1.65. The number of hydrogen-bond donors (Lipinski definition) is 1. The number of rotatable bonds is 4. The smallest absolute Gasteiger partial charge is 0.223 e. The second-order valence-electron chi connectivity index (χ2n) is 4.86. The summed E-state index contributed by atoms with van der Waals surface area (Å²) in [5.41, 5.74) is 1.03. The minimum atomic E-state index is 0.195. The summed E-state index contributed by atoms with van der Waals surface area (Å²) in [4.78, 5) is 12.0. The number of carbonyl (C=O) groups is 1. The zero-order valence-electron chi connectivity index (χ0n) is 10.9. The van der Waals surface area contributed by atoms with Crippen LogP contribution in [0.4, 0.5) is 0 Å². The molecule has 1 amide bonds. The predicted molar refractivity (Wildman–Crippen MR) is 71.4 cm³/mol. The van der Waals surface area contributed by atoms with E-state index in [0.29, 0.717) is 6.54 Å². The van der Waals surface area contributed by atoms with Gasteiger partial charge in [-0.15, -0.1) is 0 Å². The monoisotopic (exact) mass is 247 g/mol. The van der Waals surface area contributed by atoms with E-state index < -0.39 is 0 Å². The van der Waals surface area contributed by atoms with Gasteiger partial charge in [-0.25, -0.2) is 0 Å². The Morgan fingerprint density at radius 2 is 2.00 bits per heavy atom. The molecule has 0 spiro atoms. The van der Waals surface area contributed by atoms with Crippen LogP contribution < -0.4 is 10.1 Å². The lowest BCUT2D eigenvalue weighted by Gasteiger charge is -2.21. The van der Waals surface area contributed by atoms with Crippen LogP contribution in [0.25, 0.3) is 0 Å². The van der Waals surface area contributed by atoms with Crippen LogP contribution in [0.3, 0.4) is 0 Å². The first-order valence-electron chi connectivity index (χ1n) is 6.71. The molecular weight excluding hydrogens is 226 g/mol. The standard InChI is InChI=1S/C15H21NO2/c1-18-14-10-6-5-9-13(14)11-16-15(17)12-7-3-2-4-8-12/h5-6,9-10,12H,2-4,7-8,11H2,1H3,(H,16,17).